The van der Waals surface area contributed by atoms with E-state index < -0.39 is 0 Å². The molecule has 3 N–H and O–H groups in total. The number of amides is 4. The molecule has 0 radical (unpaired) electrons. The average molecular weight is 463 g/mol. The number of piperazine rings is 1. The number of ether oxygens (including phenoxy) is 2. The summed E-state index contributed by atoms with van der Waals surface area (Å²) in [5.41, 5.74) is 2.17. The van der Waals surface area contributed by atoms with E-state index in [0.717, 1.165) is 10.9 Å². The number of nitrogens with zero attached hydrogens (tertiary/aromatic N) is 2. The van der Waals surface area contributed by atoms with Crippen LogP contribution in [0.1, 0.15) is 16.8 Å². The molecule has 10 heteroatoms. The lowest BCUT2D eigenvalue weighted by atomic mass is 10.1. The normalized spacial score (nSPS) is 14.8. The Morgan fingerprint density at radius 3 is 2.56 bits per heavy atom. The quantitative estimate of drug-likeness (QED) is 0.537. The van der Waals surface area contributed by atoms with Crippen LogP contribution in [-0.2, 0) is 4.79 Å². The fourth-order valence-electron chi connectivity index (χ4n) is 4.12. The molecule has 2 aliphatic heterocycles. The first kappa shape index (κ1) is 21.6. The van der Waals surface area contributed by atoms with Gasteiger partial charge in [-0.25, -0.2) is 4.79 Å². The second-order valence-electron chi connectivity index (χ2n) is 8.13. The van der Waals surface area contributed by atoms with E-state index in [0.29, 0.717) is 48.9 Å². The molecule has 0 unspecified atom stereocenters. The fraction of sp³-hybridized carbons (Fsp3) is 0.292. The van der Waals surface area contributed by atoms with Crippen molar-refractivity contribution < 1.29 is 23.9 Å². The molecule has 2 aliphatic rings. The highest BCUT2D eigenvalue weighted by Gasteiger charge is 2.26. The maximum atomic E-state index is 12.9. The van der Waals surface area contributed by atoms with Gasteiger partial charge in [0.1, 0.15) is 0 Å². The number of aromatic amines is 1. The second-order valence-corrected chi connectivity index (χ2v) is 8.13. The predicted molar refractivity (Wildman–Crippen MR) is 125 cm³/mol. The second kappa shape index (κ2) is 9.34. The summed E-state index contributed by atoms with van der Waals surface area (Å²) in [7, 11) is 0. The maximum absolute atomic E-state index is 12.9. The van der Waals surface area contributed by atoms with Crippen LogP contribution in [0.2, 0.25) is 0 Å². The Labute approximate surface area is 195 Å². The average Bonchev–Trinajstić information content (AvgIpc) is 3.50. The maximum Gasteiger partial charge on any atom is 0.317 e. The number of rotatable bonds is 5. The number of aromatic nitrogens is 1. The Hall–Kier alpha value is -4.21. The molecule has 34 heavy (non-hydrogen) atoms. The highest BCUT2D eigenvalue weighted by atomic mass is 16.7. The molecule has 0 aliphatic carbocycles. The van der Waals surface area contributed by atoms with E-state index in [2.05, 4.69) is 15.6 Å². The zero-order chi connectivity index (χ0) is 23.5. The molecule has 1 aromatic heterocycles. The molecule has 176 valence electrons. The number of benzene rings is 2. The third-order valence-electron chi connectivity index (χ3n) is 5.96. The van der Waals surface area contributed by atoms with Crippen molar-refractivity contribution in [1.29, 1.82) is 0 Å². The van der Waals surface area contributed by atoms with E-state index in [1.165, 1.54) is 0 Å². The van der Waals surface area contributed by atoms with Crippen LogP contribution in [0.15, 0.2) is 48.7 Å². The number of fused-ring (bicyclic) bond motifs is 2. The van der Waals surface area contributed by atoms with Crippen LogP contribution in [-0.4, -0.2) is 72.1 Å². The first-order chi connectivity index (χ1) is 16.6. The van der Waals surface area contributed by atoms with Crippen molar-refractivity contribution >= 4 is 34.4 Å². The van der Waals surface area contributed by atoms with Crippen molar-refractivity contribution in [2.24, 2.45) is 0 Å². The molecule has 0 bridgehead atoms. The molecular formula is C24H25N5O5. The van der Waals surface area contributed by atoms with Gasteiger partial charge >= 0.3 is 6.03 Å². The standard InChI is InChI=1S/C24H25N5O5/c30-22(27-16-5-6-20-21(13-16)34-15-33-20)7-8-25-24(32)29-11-9-28(10-12-29)23(31)18-14-26-19-4-2-1-3-17(18)19/h1-6,13-14,26H,7-12,15H2,(H,25,32)(H,27,30). The molecule has 0 spiro atoms. The van der Waals surface area contributed by atoms with Gasteiger partial charge in [-0.1, -0.05) is 18.2 Å². The third kappa shape index (κ3) is 4.47. The van der Waals surface area contributed by atoms with Crippen LogP contribution in [0.3, 0.4) is 0 Å². The molecule has 10 nitrogen and oxygen atoms in total. The Bertz CT molecular complexity index is 1230. The SMILES string of the molecule is O=C(CCNC(=O)N1CCN(C(=O)c2c[nH]c3ccccc23)CC1)Nc1ccc2c(c1)OCO2. The van der Waals surface area contributed by atoms with E-state index in [4.69, 9.17) is 9.47 Å². The Morgan fingerprint density at radius 1 is 0.941 bits per heavy atom. The van der Waals surface area contributed by atoms with Gasteiger partial charge in [0.2, 0.25) is 12.7 Å². The van der Waals surface area contributed by atoms with Crippen LogP contribution in [0.25, 0.3) is 10.9 Å². The highest BCUT2D eigenvalue weighted by molar-refractivity contribution is 6.06. The van der Waals surface area contributed by atoms with E-state index in [1.54, 1.807) is 34.2 Å². The smallest absolute Gasteiger partial charge is 0.317 e. The lowest BCUT2D eigenvalue weighted by Crippen LogP contribution is -2.53. The number of hydrogen-bond donors (Lipinski definition) is 3. The molecule has 3 aromatic rings. The van der Waals surface area contributed by atoms with Gasteiger partial charge in [0.05, 0.1) is 5.56 Å². The highest BCUT2D eigenvalue weighted by Crippen LogP contribution is 2.34. The molecule has 0 atom stereocenters. The van der Waals surface area contributed by atoms with Crippen LogP contribution < -0.4 is 20.1 Å². The number of para-hydroxylation sites is 1. The summed E-state index contributed by atoms with van der Waals surface area (Å²) in [4.78, 5) is 44.2. The first-order valence-corrected chi connectivity index (χ1v) is 11.2. The minimum Gasteiger partial charge on any atom is -0.454 e. The summed E-state index contributed by atoms with van der Waals surface area (Å²) in [5.74, 6) is 0.980. The zero-order valence-corrected chi connectivity index (χ0v) is 18.5. The predicted octanol–water partition coefficient (Wildman–Crippen LogP) is 2.39. The zero-order valence-electron chi connectivity index (χ0n) is 18.5. The lowest BCUT2D eigenvalue weighted by Gasteiger charge is -2.34. The van der Waals surface area contributed by atoms with Gasteiger partial charge < -0.3 is 34.9 Å². The monoisotopic (exact) mass is 463 g/mol. The first-order valence-electron chi connectivity index (χ1n) is 11.2. The molecule has 5 rings (SSSR count). The van der Waals surface area contributed by atoms with Gasteiger partial charge in [-0.3, -0.25) is 9.59 Å². The van der Waals surface area contributed by atoms with E-state index in [9.17, 15) is 14.4 Å². The minimum absolute atomic E-state index is 0.0438. The van der Waals surface area contributed by atoms with E-state index in [-0.39, 0.29) is 37.6 Å². The molecule has 2 aromatic carbocycles. The van der Waals surface area contributed by atoms with Crippen molar-refractivity contribution in [2.45, 2.75) is 6.42 Å². The summed E-state index contributed by atoms with van der Waals surface area (Å²) in [6, 6.07) is 12.6. The fourth-order valence-corrected chi connectivity index (χ4v) is 4.12. The summed E-state index contributed by atoms with van der Waals surface area (Å²) in [5, 5.41) is 6.46. The van der Waals surface area contributed by atoms with Crippen molar-refractivity contribution in [2.75, 3.05) is 44.8 Å². The molecule has 1 fully saturated rings. The Balaban J connectivity index is 1.05. The number of carbonyl (C=O) groups is 3. The number of H-pyrrole nitrogens is 1. The van der Waals surface area contributed by atoms with Crippen molar-refractivity contribution in [3.8, 4) is 11.5 Å². The lowest BCUT2D eigenvalue weighted by molar-refractivity contribution is -0.116. The number of urea groups is 1. The molecule has 1 saturated heterocycles. The summed E-state index contributed by atoms with van der Waals surface area (Å²) < 4.78 is 10.6. The van der Waals surface area contributed by atoms with Crippen LogP contribution >= 0.6 is 0 Å². The van der Waals surface area contributed by atoms with Crippen molar-refractivity contribution in [3.63, 3.8) is 0 Å². The van der Waals surface area contributed by atoms with Gasteiger partial charge in [0.25, 0.3) is 5.91 Å². The number of nitrogens with one attached hydrogen (secondary N) is 3. The van der Waals surface area contributed by atoms with Crippen molar-refractivity contribution in [3.05, 3.63) is 54.2 Å². The largest absolute Gasteiger partial charge is 0.454 e. The topological polar surface area (TPSA) is 116 Å². The van der Waals surface area contributed by atoms with E-state index >= 15 is 0 Å². The molecular weight excluding hydrogens is 438 g/mol. The molecule has 3 heterocycles. The Morgan fingerprint density at radius 2 is 1.71 bits per heavy atom. The third-order valence-corrected chi connectivity index (χ3v) is 5.96. The molecule has 0 saturated carbocycles. The van der Waals surface area contributed by atoms with Crippen LogP contribution in [0.4, 0.5) is 10.5 Å². The van der Waals surface area contributed by atoms with Gasteiger partial charge in [-0.2, -0.15) is 0 Å². The summed E-state index contributed by atoms with van der Waals surface area (Å²) in [6.07, 6.45) is 1.87. The number of hydrogen-bond acceptors (Lipinski definition) is 5. The van der Waals surface area contributed by atoms with Gasteiger partial charge in [0.15, 0.2) is 11.5 Å². The van der Waals surface area contributed by atoms with Gasteiger partial charge in [-0.05, 0) is 18.2 Å². The Kier molecular flexibility index (Phi) is 5.94. The number of carbonyl (C=O) groups excluding carboxylic acids is 3. The van der Waals surface area contributed by atoms with Crippen LogP contribution in [0.5, 0.6) is 11.5 Å². The summed E-state index contributed by atoms with van der Waals surface area (Å²) >= 11 is 0. The van der Waals surface area contributed by atoms with Crippen molar-refractivity contribution in [1.82, 2.24) is 20.1 Å². The van der Waals surface area contributed by atoms with Gasteiger partial charge in [0, 0.05) is 68.0 Å². The number of anilines is 1. The van der Waals surface area contributed by atoms with E-state index in [1.807, 2.05) is 24.3 Å². The minimum atomic E-state index is -0.241. The van der Waals surface area contributed by atoms with Crippen LogP contribution in [0, 0.1) is 0 Å². The summed E-state index contributed by atoms with van der Waals surface area (Å²) in [6.45, 7) is 2.16. The molecule has 4 amide bonds. The van der Waals surface area contributed by atoms with Gasteiger partial charge in [-0.15, -0.1) is 0 Å².